The Hall–Kier alpha value is -1.24. The molecule has 0 radical (unpaired) electrons. The van der Waals surface area contributed by atoms with E-state index in [4.69, 9.17) is 4.42 Å². The van der Waals surface area contributed by atoms with Crippen LogP contribution in [0.5, 0.6) is 0 Å². The standard InChI is InChI=1S/C13H18O/c1-5-7-8-11-9-13(10(3)4)14-12(11)6-2/h6-10H,2,5H2,1,3-4H3/b8-7-. The van der Waals surface area contributed by atoms with Crippen molar-refractivity contribution in [2.45, 2.75) is 33.1 Å². The second-order valence-corrected chi connectivity index (χ2v) is 3.64. The van der Waals surface area contributed by atoms with Crippen LogP contribution in [0.3, 0.4) is 0 Å². The summed E-state index contributed by atoms with van der Waals surface area (Å²) in [5.41, 5.74) is 1.13. The van der Waals surface area contributed by atoms with Gasteiger partial charge in [0.2, 0.25) is 0 Å². The van der Waals surface area contributed by atoms with Crippen molar-refractivity contribution in [3.63, 3.8) is 0 Å². The molecule has 0 unspecified atom stereocenters. The van der Waals surface area contributed by atoms with E-state index in [1.165, 1.54) is 0 Å². The van der Waals surface area contributed by atoms with Crippen LogP contribution in [-0.4, -0.2) is 0 Å². The van der Waals surface area contributed by atoms with Gasteiger partial charge in [0.15, 0.2) is 0 Å². The summed E-state index contributed by atoms with van der Waals surface area (Å²) in [6.45, 7) is 10.1. The molecular formula is C13H18O. The minimum atomic E-state index is 0.428. The average Bonchev–Trinajstić information content (AvgIpc) is 2.57. The first-order chi connectivity index (χ1) is 6.69. The fourth-order valence-electron chi connectivity index (χ4n) is 1.26. The summed E-state index contributed by atoms with van der Waals surface area (Å²) in [7, 11) is 0. The van der Waals surface area contributed by atoms with E-state index in [2.05, 4.69) is 45.6 Å². The van der Waals surface area contributed by atoms with Crippen molar-refractivity contribution in [2.75, 3.05) is 0 Å². The summed E-state index contributed by atoms with van der Waals surface area (Å²) >= 11 is 0. The summed E-state index contributed by atoms with van der Waals surface area (Å²) in [4.78, 5) is 0. The van der Waals surface area contributed by atoms with Crippen LogP contribution in [0.2, 0.25) is 0 Å². The number of allylic oxidation sites excluding steroid dienone is 1. The molecular weight excluding hydrogens is 172 g/mol. The van der Waals surface area contributed by atoms with Crippen molar-refractivity contribution in [1.82, 2.24) is 0 Å². The minimum absolute atomic E-state index is 0.428. The van der Waals surface area contributed by atoms with Crippen LogP contribution in [0.25, 0.3) is 12.2 Å². The largest absolute Gasteiger partial charge is 0.461 e. The Balaban J connectivity index is 3.02. The minimum Gasteiger partial charge on any atom is -0.461 e. The molecule has 0 fully saturated rings. The van der Waals surface area contributed by atoms with Crippen molar-refractivity contribution in [1.29, 1.82) is 0 Å². The predicted octanol–water partition coefficient (Wildman–Crippen LogP) is 4.47. The Morgan fingerprint density at radius 3 is 2.71 bits per heavy atom. The maximum Gasteiger partial charge on any atom is 0.133 e. The average molecular weight is 190 g/mol. The number of hydrogen-bond acceptors (Lipinski definition) is 1. The van der Waals surface area contributed by atoms with E-state index in [0.29, 0.717) is 5.92 Å². The summed E-state index contributed by atoms with van der Waals surface area (Å²) in [5.74, 6) is 2.33. The molecule has 0 saturated heterocycles. The molecule has 0 aliphatic carbocycles. The highest BCUT2D eigenvalue weighted by Gasteiger charge is 2.08. The lowest BCUT2D eigenvalue weighted by molar-refractivity contribution is 0.479. The summed E-state index contributed by atoms with van der Waals surface area (Å²) in [6.07, 6.45) is 7.02. The molecule has 1 heteroatoms. The predicted molar refractivity (Wildman–Crippen MR) is 62.2 cm³/mol. The maximum atomic E-state index is 5.65. The lowest BCUT2D eigenvalue weighted by Crippen LogP contribution is -1.80. The van der Waals surface area contributed by atoms with Crippen molar-refractivity contribution in [3.8, 4) is 0 Å². The molecule has 14 heavy (non-hydrogen) atoms. The van der Waals surface area contributed by atoms with Gasteiger partial charge in [0.25, 0.3) is 0 Å². The highest BCUT2D eigenvalue weighted by molar-refractivity contribution is 5.61. The molecule has 1 aromatic rings. The second kappa shape index (κ2) is 4.85. The molecule has 1 nitrogen and oxygen atoms in total. The molecule has 0 saturated carbocycles. The van der Waals surface area contributed by atoms with Gasteiger partial charge in [-0.2, -0.15) is 0 Å². The monoisotopic (exact) mass is 190 g/mol. The number of rotatable bonds is 4. The van der Waals surface area contributed by atoms with Gasteiger partial charge in [-0.05, 0) is 18.6 Å². The van der Waals surface area contributed by atoms with Crippen LogP contribution in [0.1, 0.15) is 50.2 Å². The van der Waals surface area contributed by atoms with Crippen LogP contribution in [-0.2, 0) is 0 Å². The van der Waals surface area contributed by atoms with Crippen LogP contribution in [0.4, 0.5) is 0 Å². The van der Waals surface area contributed by atoms with Crippen molar-refractivity contribution in [3.05, 3.63) is 35.8 Å². The van der Waals surface area contributed by atoms with Crippen LogP contribution < -0.4 is 0 Å². The SMILES string of the molecule is C=Cc1oc(C(C)C)cc1/C=C\CC. The smallest absolute Gasteiger partial charge is 0.133 e. The second-order valence-electron chi connectivity index (χ2n) is 3.64. The first-order valence-electron chi connectivity index (χ1n) is 5.11. The molecule has 76 valence electrons. The van der Waals surface area contributed by atoms with Crippen LogP contribution in [0.15, 0.2) is 23.1 Å². The first-order valence-corrected chi connectivity index (χ1v) is 5.11. The topological polar surface area (TPSA) is 13.1 Å². The highest BCUT2D eigenvalue weighted by atomic mass is 16.3. The Labute approximate surface area is 86.1 Å². The van der Waals surface area contributed by atoms with E-state index < -0.39 is 0 Å². The van der Waals surface area contributed by atoms with E-state index in [-0.39, 0.29) is 0 Å². The van der Waals surface area contributed by atoms with Crippen LogP contribution in [0, 0.1) is 0 Å². The van der Waals surface area contributed by atoms with E-state index in [1.54, 1.807) is 6.08 Å². The molecule has 0 aliphatic heterocycles. The van der Waals surface area contributed by atoms with E-state index >= 15 is 0 Å². The molecule has 0 amide bonds. The molecule has 1 heterocycles. The maximum absolute atomic E-state index is 5.65. The van der Waals surface area contributed by atoms with Gasteiger partial charge in [0.1, 0.15) is 11.5 Å². The molecule has 0 spiro atoms. The summed E-state index contributed by atoms with van der Waals surface area (Å²) in [5, 5.41) is 0. The Kier molecular flexibility index (Phi) is 3.75. The summed E-state index contributed by atoms with van der Waals surface area (Å²) in [6, 6.07) is 2.09. The van der Waals surface area contributed by atoms with Crippen molar-refractivity contribution in [2.24, 2.45) is 0 Å². The highest BCUT2D eigenvalue weighted by Crippen LogP contribution is 2.24. The third-order valence-corrected chi connectivity index (χ3v) is 2.10. The zero-order valence-corrected chi connectivity index (χ0v) is 9.21. The molecule has 0 bridgehead atoms. The molecule has 0 aromatic carbocycles. The third-order valence-electron chi connectivity index (χ3n) is 2.10. The lowest BCUT2D eigenvalue weighted by atomic mass is 10.1. The van der Waals surface area contributed by atoms with Gasteiger partial charge < -0.3 is 4.42 Å². The van der Waals surface area contributed by atoms with Gasteiger partial charge >= 0.3 is 0 Å². The fraction of sp³-hybridized carbons (Fsp3) is 0.385. The molecule has 0 aliphatic rings. The van der Waals surface area contributed by atoms with Gasteiger partial charge in [-0.1, -0.05) is 39.5 Å². The van der Waals surface area contributed by atoms with E-state index in [1.807, 2.05) is 0 Å². The normalized spacial score (nSPS) is 11.4. The third kappa shape index (κ3) is 2.38. The van der Waals surface area contributed by atoms with E-state index in [0.717, 1.165) is 23.5 Å². The van der Waals surface area contributed by atoms with Gasteiger partial charge in [-0.3, -0.25) is 0 Å². The van der Waals surface area contributed by atoms with Crippen molar-refractivity contribution >= 4 is 12.2 Å². The Morgan fingerprint density at radius 2 is 2.21 bits per heavy atom. The number of hydrogen-bond donors (Lipinski definition) is 0. The number of furan rings is 1. The zero-order chi connectivity index (χ0) is 10.6. The quantitative estimate of drug-likeness (QED) is 0.682. The molecule has 0 N–H and O–H groups in total. The first kappa shape index (κ1) is 10.8. The Bertz CT molecular complexity index is 329. The Morgan fingerprint density at radius 1 is 1.50 bits per heavy atom. The molecule has 0 atom stereocenters. The summed E-state index contributed by atoms with van der Waals surface area (Å²) < 4.78 is 5.65. The van der Waals surface area contributed by atoms with Gasteiger partial charge in [-0.15, -0.1) is 0 Å². The molecule has 1 rings (SSSR count). The lowest BCUT2D eigenvalue weighted by Gasteiger charge is -1.96. The molecule has 1 aromatic heterocycles. The zero-order valence-electron chi connectivity index (χ0n) is 9.21. The fourth-order valence-corrected chi connectivity index (χ4v) is 1.26. The van der Waals surface area contributed by atoms with Crippen LogP contribution >= 0.6 is 0 Å². The van der Waals surface area contributed by atoms with E-state index in [9.17, 15) is 0 Å². The van der Waals surface area contributed by atoms with Gasteiger partial charge in [-0.25, -0.2) is 0 Å². The van der Waals surface area contributed by atoms with Crippen molar-refractivity contribution < 1.29 is 4.42 Å². The van der Waals surface area contributed by atoms with Gasteiger partial charge in [0.05, 0.1) is 0 Å². The van der Waals surface area contributed by atoms with Gasteiger partial charge in [0, 0.05) is 11.5 Å².